The molecule has 19 heavy (non-hydrogen) atoms. The quantitative estimate of drug-likeness (QED) is 0.842. The average Bonchev–Trinajstić information content (AvgIpc) is 2.73. The summed E-state index contributed by atoms with van der Waals surface area (Å²) in [6.45, 7) is 5.87. The maximum atomic E-state index is 12.4. The minimum absolute atomic E-state index is 0.00551. The molecule has 0 saturated carbocycles. The lowest BCUT2D eigenvalue weighted by atomic mass is 10.2. The second-order valence-corrected chi connectivity index (χ2v) is 4.64. The van der Waals surface area contributed by atoms with E-state index in [2.05, 4.69) is 21.9 Å². The molecule has 2 heterocycles. The second-order valence-electron chi connectivity index (χ2n) is 4.64. The zero-order valence-corrected chi connectivity index (χ0v) is 11.1. The Balaban J connectivity index is 2.06. The van der Waals surface area contributed by atoms with Crippen LogP contribution in [0.1, 0.15) is 36.2 Å². The van der Waals surface area contributed by atoms with Crippen LogP contribution in [0, 0.1) is 0 Å². The van der Waals surface area contributed by atoms with Crippen LogP contribution in [0.15, 0.2) is 24.9 Å². The van der Waals surface area contributed by atoms with Gasteiger partial charge >= 0.3 is 0 Å². The van der Waals surface area contributed by atoms with Gasteiger partial charge in [0.25, 0.3) is 5.91 Å². The molecular weight excluding hydrogens is 240 g/mol. The molecule has 1 N–H and O–H groups in total. The van der Waals surface area contributed by atoms with Crippen LogP contribution in [-0.2, 0) is 0 Å². The number of nitrogens with one attached hydrogen (secondary N) is 1. The Morgan fingerprint density at radius 3 is 2.79 bits per heavy atom. The summed E-state index contributed by atoms with van der Waals surface area (Å²) >= 11 is 0. The van der Waals surface area contributed by atoms with E-state index in [4.69, 9.17) is 0 Å². The first-order valence-electron chi connectivity index (χ1n) is 6.78. The van der Waals surface area contributed by atoms with E-state index in [1.807, 2.05) is 4.90 Å². The lowest BCUT2D eigenvalue weighted by Crippen LogP contribution is -2.32. The Bertz CT molecular complexity index is 439. The highest BCUT2D eigenvalue weighted by molar-refractivity contribution is 5.92. The maximum Gasteiger partial charge on any atom is 0.272 e. The summed E-state index contributed by atoms with van der Waals surface area (Å²) in [5.41, 5.74) is 0.462. The van der Waals surface area contributed by atoms with Crippen LogP contribution in [0.5, 0.6) is 0 Å². The van der Waals surface area contributed by atoms with E-state index in [-0.39, 0.29) is 5.91 Å². The predicted octanol–water partition coefficient (Wildman–Crippen LogP) is 2.09. The zero-order valence-electron chi connectivity index (χ0n) is 11.1. The van der Waals surface area contributed by atoms with Crippen molar-refractivity contribution in [2.75, 3.05) is 25.0 Å². The molecule has 1 aromatic rings. The summed E-state index contributed by atoms with van der Waals surface area (Å²) in [5.74, 6) is 0.478. The summed E-state index contributed by atoms with van der Waals surface area (Å²) in [6, 6.07) is 1.67. The van der Waals surface area contributed by atoms with Gasteiger partial charge in [0.15, 0.2) is 0 Å². The highest BCUT2D eigenvalue weighted by Crippen LogP contribution is 2.12. The number of carbonyl (C=O) groups is 1. The van der Waals surface area contributed by atoms with Gasteiger partial charge in [0, 0.05) is 25.8 Å². The van der Waals surface area contributed by atoms with Crippen molar-refractivity contribution in [1.82, 2.24) is 14.9 Å². The van der Waals surface area contributed by atoms with Crippen molar-refractivity contribution < 1.29 is 4.79 Å². The number of aromatic nitrogens is 2. The Kier molecular flexibility index (Phi) is 4.89. The van der Waals surface area contributed by atoms with Crippen LogP contribution >= 0.6 is 0 Å². The molecular formula is C14H20N4O. The number of anilines is 1. The lowest BCUT2D eigenvalue weighted by Gasteiger charge is -2.19. The van der Waals surface area contributed by atoms with Crippen molar-refractivity contribution in [3.8, 4) is 0 Å². The minimum atomic E-state index is 0.00551. The number of amides is 1. The number of carbonyl (C=O) groups excluding carboxylic acids is 1. The first-order valence-corrected chi connectivity index (χ1v) is 6.78. The van der Waals surface area contributed by atoms with E-state index in [1.54, 1.807) is 18.3 Å². The summed E-state index contributed by atoms with van der Waals surface area (Å²) < 4.78 is 0. The van der Waals surface area contributed by atoms with Crippen molar-refractivity contribution in [1.29, 1.82) is 0 Å². The fourth-order valence-corrected chi connectivity index (χ4v) is 2.16. The molecule has 1 aliphatic heterocycles. The first kappa shape index (κ1) is 13.5. The largest absolute Gasteiger partial charge is 0.351 e. The second kappa shape index (κ2) is 6.87. The van der Waals surface area contributed by atoms with Crippen molar-refractivity contribution >= 4 is 11.9 Å². The third kappa shape index (κ3) is 3.77. The first-order chi connectivity index (χ1) is 9.31. The van der Waals surface area contributed by atoms with Gasteiger partial charge in [0.05, 0.1) is 0 Å². The van der Waals surface area contributed by atoms with Gasteiger partial charge in [-0.25, -0.2) is 9.97 Å². The predicted molar refractivity (Wildman–Crippen MR) is 75.1 cm³/mol. The van der Waals surface area contributed by atoms with E-state index < -0.39 is 0 Å². The number of rotatable bonds is 4. The van der Waals surface area contributed by atoms with E-state index in [0.29, 0.717) is 18.2 Å². The highest BCUT2D eigenvalue weighted by Gasteiger charge is 2.18. The number of likely N-dealkylation sites (tertiary alicyclic amines) is 1. The summed E-state index contributed by atoms with van der Waals surface area (Å²) in [7, 11) is 0. The van der Waals surface area contributed by atoms with Crippen LogP contribution in [0.4, 0.5) is 5.95 Å². The monoisotopic (exact) mass is 260 g/mol. The summed E-state index contributed by atoms with van der Waals surface area (Å²) in [5, 5.41) is 2.99. The van der Waals surface area contributed by atoms with Crippen LogP contribution in [-0.4, -0.2) is 40.4 Å². The van der Waals surface area contributed by atoms with Crippen LogP contribution in [0.3, 0.4) is 0 Å². The third-order valence-electron chi connectivity index (χ3n) is 3.17. The van der Waals surface area contributed by atoms with Crippen LogP contribution < -0.4 is 5.32 Å². The molecule has 0 bridgehead atoms. The minimum Gasteiger partial charge on any atom is -0.351 e. The van der Waals surface area contributed by atoms with E-state index >= 15 is 0 Å². The summed E-state index contributed by atoms with van der Waals surface area (Å²) in [6.07, 6.45) is 7.92. The molecule has 0 spiro atoms. The molecule has 102 valence electrons. The van der Waals surface area contributed by atoms with Gasteiger partial charge in [-0.2, -0.15) is 0 Å². The van der Waals surface area contributed by atoms with Crippen molar-refractivity contribution in [3.05, 3.63) is 30.6 Å². The smallest absolute Gasteiger partial charge is 0.272 e. The third-order valence-corrected chi connectivity index (χ3v) is 3.17. The summed E-state index contributed by atoms with van der Waals surface area (Å²) in [4.78, 5) is 22.6. The Labute approximate surface area is 113 Å². The molecule has 0 atom stereocenters. The molecule has 1 fully saturated rings. The fourth-order valence-electron chi connectivity index (χ4n) is 2.16. The number of hydrogen-bond donors (Lipinski definition) is 1. The Morgan fingerprint density at radius 2 is 2.11 bits per heavy atom. The molecule has 1 saturated heterocycles. The molecule has 1 aromatic heterocycles. The van der Waals surface area contributed by atoms with Gasteiger partial charge in [0.2, 0.25) is 5.95 Å². The molecule has 1 aliphatic rings. The average molecular weight is 260 g/mol. The normalized spacial score (nSPS) is 15.7. The molecule has 0 aromatic carbocycles. The maximum absolute atomic E-state index is 12.4. The molecule has 5 nitrogen and oxygen atoms in total. The molecule has 2 rings (SSSR count). The number of hydrogen-bond acceptors (Lipinski definition) is 4. The van der Waals surface area contributed by atoms with Crippen LogP contribution in [0.25, 0.3) is 0 Å². The standard InChI is InChI=1S/C14H20N4O/c1-2-8-15-14-16-9-7-12(17-14)13(19)18-10-5-3-4-6-11-18/h2,7,9H,1,3-6,8,10-11H2,(H,15,16,17). The van der Waals surface area contributed by atoms with E-state index in [1.165, 1.54) is 12.8 Å². The molecule has 0 unspecified atom stereocenters. The topological polar surface area (TPSA) is 58.1 Å². The van der Waals surface area contributed by atoms with Gasteiger partial charge in [-0.15, -0.1) is 6.58 Å². The molecule has 5 heteroatoms. The van der Waals surface area contributed by atoms with E-state index in [9.17, 15) is 4.79 Å². The SMILES string of the molecule is C=CCNc1nccc(C(=O)N2CCCCCC2)n1. The molecule has 1 amide bonds. The highest BCUT2D eigenvalue weighted by atomic mass is 16.2. The van der Waals surface area contributed by atoms with Crippen LogP contribution in [0.2, 0.25) is 0 Å². The Morgan fingerprint density at radius 1 is 1.37 bits per heavy atom. The van der Waals surface area contributed by atoms with Gasteiger partial charge in [-0.05, 0) is 18.9 Å². The van der Waals surface area contributed by atoms with Gasteiger partial charge in [-0.3, -0.25) is 4.79 Å². The van der Waals surface area contributed by atoms with E-state index in [0.717, 1.165) is 25.9 Å². The van der Waals surface area contributed by atoms with Crippen molar-refractivity contribution in [3.63, 3.8) is 0 Å². The van der Waals surface area contributed by atoms with Gasteiger partial charge in [-0.1, -0.05) is 18.9 Å². The zero-order chi connectivity index (χ0) is 13.5. The van der Waals surface area contributed by atoms with Gasteiger partial charge < -0.3 is 10.2 Å². The van der Waals surface area contributed by atoms with Crippen molar-refractivity contribution in [2.45, 2.75) is 25.7 Å². The molecule has 0 radical (unpaired) electrons. The lowest BCUT2D eigenvalue weighted by molar-refractivity contribution is 0.0755. The molecule has 0 aliphatic carbocycles. The Hall–Kier alpha value is -1.91. The van der Waals surface area contributed by atoms with Gasteiger partial charge in [0.1, 0.15) is 5.69 Å². The fraction of sp³-hybridized carbons (Fsp3) is 0.500. The van der Waals surface area contributed by atoms with Crippen molar-refractivity contribution in [2.24, 2.45) is 0 Å². The number of nitrogens with zero attached hydrogens (tertiary/aromatic N) is 3.